The van der Waals surface area contributed by atoms with Gasteiger partial charge in [-0.05, 0) is 36.1 Å². The average Bonchev–Trinajstić information content (AvgIpc) is 3.44. The number of ether oxygens (including phenoxy) is 2. The second-order valence-electron chi connectivity index (χ2n) is 6.33. The minimum Gasteiger partial charge on any atom is -0.497 e. The normalized spacial score (nSPS) is 10.4. The summed E-state index contributed by atoms with van der Waals surface area (Å²) in [7, 11) is 1.58. The maximum atomic E-state index is 12.6. The van der Waals surface area contributed by atoms with Gasteiger partial charge in [-0.3, -0.25) is 9.59 Å². The van der Waals surface area contributed by atoms with Crippen LogP contribution in [0.15, 0.2) is 47.2 Å². The molecule has 2 aromatic heterocycles. The van der Waals surface area contributed by atoms with Crippen LogP contribution in [0.3, 0.4) is 0 Å². The number of nitrogens with one attached hydrogen (secondary N) is 2. The van der Waals surface area contributed by atoms with Crippen LogP contribution in [0.25, 0.3) is 11.1 Å². The van der Waals surface area contributed by atoms with Gasteiger partial charge in [-0.15, -0.1) is 22.7 Å². The van der Waals surface area contributed by atoms with Crippen molar-refractivity contribution in [1.29, 1.82) is 0 Å². The molecule has 0 bridgehead atoms. The van der Waals surface area contributed by atoms with Crippen molar-refractivity contribution in [3.63, 3.8) is 0 Å². The Labute approximate surface area is 188 Å². The van der Waals surface area contributed by atoms with Crippen LogP contribution in [-0.4, -0.2) is 38.0 Å². The third-order valence-corrected chi connectivity index (χ3v) is 6.07. The number of amides is 2. The molecule has 0 spiro atoms. The topological polar surface area (TPSA) is 93.7 Å². The summed E-state index contributed by atoms with van der Waals surface area (Å²) >= 11 is 2.59. The molecular weight excluding hydrogens is 436 g/mol. The molecule has 2 amide bonds. The Kier molecular flexibility index (Phi) is 7.80. The molecule has 9 heteroatoms. The van der Waals surface area contributed by atoms with Crippen molar-refractivity contribution in [2.75, 3.05) is 25.6 Å². The molecule has 2 heterocycles. The number of carbonyl (C=O) groups is 3. The van der Waals surface area contributed by atoms with E-state index in [2.05, 4.69) is 10.6 Å². The molecule has 3 aromatic rings. The predicted molar refractivity (Wildman–Crippen MR) is 122 cm³/mol. The standard InChI is InChI=1S/C22H22N2O5S2/c1-3-29-22(27)19-16(14-6-8-15(28-2)9-7-14)13-31-21(19)24-18(25)10-11-23-20(26)17-5-4-12-30-17/h4-9,12-13H,3,10-11H2,1-2H3,(H,23,26)(H,24,25). The van der Waals surface area contributed by atoms with Gasteiger partial charge in [0.25, 0.3) is 5.91 Å². The number of esters is 1. The molecule has 3 rings (SSSR count). The van der Waals surface area contributed by atoms with E-state index < -0.39 is 5.97 Å². The van der Waals surface area contributed by atoms with Crippen molar-refractivity contribution in [1.82, 2.24) is 5.32 Å². The van der Waals surface area contributed by atoms with Crippen molar-refractivity contribution in [2.45, 2.75) is 13.3 Å². The second kappa shape index (κ2) is 10.7. The number of thiophene rings is 2. The maximum absolute atomic E-state index is 12.6. The molecular formula is C22H22N2O5S2. The minimum atomic E-state index is -0.504. The SMILES string of the molecule is CCOC(=O)c1c(-c2ccc(OC)cc2)csc1NC(=O)CCNC(=O)c1cccs1. The number of benzene rings is 1. The smallest absolute Gasteiger partial charge is 0.341 e. The summed E-state index contributed by atoms with van der Waals surface area (Å²) in [5, 5.41) is 9.53. The molecule has 0 fully saturated rings. The Hall–Kier alpha value is -3.17. The quantitative estimate of drug-likeness (QED) is 0.463. The molecule has 0 aliphatic rings. The van der Waals surface area contributed by atoms with Crippen LogP contribution in [0.2, 0.25) is 0 Å². The van der Waals surface area contributed by atoms with E-state index in [1.54, 1.807) is 38.3 Å². The molecule has 0 saturated carbocycles. The monoisotopic (exact) mass is 458 g/mol. The largest absolute Gasteiger partial charge is 0.497 e. The number of hydrogen-bond acceptors (Lipinski definition) is 7. The molecule has 0 saturated heterocycles. The summed E-state index contributed by atoms with van der Waals surface area (Å²) in [4.78, 5) is 37.6. The van der Waals surface area contributed by atoms with Gasteiger partial charge in [-0.25, -0.2) is 4.79 Å². The van der Waals surface area contributed by atoms with Gasteiger partial charge in [0.1, 0.15) is 16.3 Å². The molecule has 0 unspecified atom stereocenters. The first-order valence-corrected chi connectivity index (χ1v) is 11.3. The molecule has 2 N–H and O–H groups in total. The van der Waals surface area contributed by atoms with E-state index >= 15 is 0 Å². The van der Waals surface area contributed by atoms with Gasteiger partial charge in [-0.2, -0.15) is 0 Å². The lowest BCUT2D eigenvalue weighted by Crippen LogP contribution is -2.27. The maximum Gasteiger partial charge on any atom is 0.341 e. The first-order chi connectivity index (χ1) is 15.0. The lowest BCUT2D eigenvalue weighted by molar-refractivity contribution is -0.116. The van der Waals surface area contributed by atoms with Crippen molar-refractivity contribution in [3.05, 3.63) is 57.6 Å². The van der Waals surface area contributed by atoms with E-state index in [9.17, 15) is 14.4 Å². The Morgan fingerprint density at radius 2 is 1.84 bits per heavy atom. The molecule has 0 aliphatic heterocycles. The third kappa shape index (κ3) is 5.71. The van der Waals surface area contributed by atoms with Gasteiger partial charge in [-0.1, -0.05) is 18.2 Å². The van der Waals surface area contributed by atoms with E-state index in [4.69, 9.17) is 9.47 Å². The molecule has 162 valence electrons. The van der Waals surface area contributed by atoms with E-state index in [1.165, 1.54) is 22.7 Å². The Morgan fingerprint density at radius 3 is 2.48 bits per heavy atom. The van der Waals surface area contributed by atoms with Crippen molar-refractivity contribution >= 4 is 45.5 Å². The first kappa shape index (κ1) is 22.5. The molecule has 0 aliphatic carbocycles. The zero-order valence-electron chi connectivity index (χ0n) is 17.1. The van der Waals surface area contributed by atoms with Crippen LogP contribution in [-0.2, 0) is 9.53 Å². The summed E-state index contributed by atoms with van der Waals surface area (Å²) in [5.74, 6) is -0.321. The second-order valence-corrected chi connectivity index (χ2v) is 8.16. The highest BCUT2D eigenvalue weighted by Gasteiger charge is 2.23. The van der Waals surface area contributed by atoms with Gasteiger partial charge in [0, 0.05) is 23.9 Å². The van der Waals surface area contributed by atoms with Crippen LogP contribution >= 0.6 is 22.7 Å². The molecule has 31 heavy (non-hydrogen) atoms. The molecule has 0 atom stereocenters. The van der Waals surface area contributed by atoms with Crippen LogP contribution in [0.1, 0.15) is 33.4 Å². The number of anilines is 1. The Morgan fingerprint density at radius 1 is 1.06 bits per heavy atom. The van der Waals surface area contributed by atoms with Crippen molar-refractivity contribution < 1.29 is 23.9 Å². The lowest BCUT2D eigenvalue weighted by Gasteiger charge is -2.09. The van der Waals surface area contributed by atoms with Gasteiger partial charge < -0.3 is 20.1 Å². The number of methoxy groups -OCH3 is 1. The van der Waals surface area contributed by atoms with Gasteiger partial charge in [0.05, 0.1) is 18.6 Å². The van der Waals surface area contributed by atoms with Crippen molar-refractivity contribution in [3.8, 4) is 16.9 Å². The van der Waals surface area contributed by atoms with Crippen molar-refractivity contribution in [2.24, 2.45) is 0 Å². The van der Waals surface area contributed by atoms with Crippen LogP contribution in [0.4, 0.5) is 5.00 Å². The summed E-state index contributed by atoms with van der Waals surface area (Å²) in [5.41, 5.74) is 1.80. The van der Waals surface area contributed by atoms with Gasteiger partial charge in [0.2, 0.25) is 5.91 Å². The summed E-state index contributed by atoms with van der Waals surface area (Å²) in [6.07, 6.45) is 0.0785. The zero-order chi connectivity index (χ0) is 22.2. The minimum absolute atomic E-state index is 0.0785. The van der Waals surface area contributed by atoms with E-state index in [1.807, 2.05) is 22.9 Å². The van der Waals surface area contributed by atoms with Crippen LogP contribution in [0.5, 0.6) is 5.75 Å². The lowest BCUT2D eigenvalue weighted by atomic mass is 10.0. The van der Waals surface area contributed by atoms with E-state index in [0.717, 1.165) is 5.56 Å². The van der Waals surface area contributed by atoms with E-state index in [0.29, 0.717) is 26.8 Å². The number of carbonyl (C=O) groups excluding carboxylic acids is 3. The van der Waals surface area contributed by atoms with Gasteiger partial charge in [0.15, 0.2) is 0 Å². The fourth-order valence-electron chi connectivity index (χ4n) is 2.81. The average molecular weight is 459 g/mol. The molecule has 1 aromatic carbocycles. The highest BCUT2D eigenvalue weighted by atomic mass is 32.1. The predicted octanol–water partition coefficient (Wildman–Crippen LogP) is 4.42. The summed E-state index contributed by atoms with van der Waals surface area (Å²) < 4.78 is 10.4. The number of hydrogen-bond donors (Lipinski definition) is 2. The Bertz CT molecular complexity index is 1040. The summed E-state index contributed by atoms with van der Waals surface area (Å²) in [6, 6.07) is 10.8. The molecule has 0 radical (unpaired) electrons. The van der Waals surface area contributed by atoms with E-state index in [-0.39, 0.29) is 31.4 Å². The fourth-order valence-corrected chi connectivity index (χ4v) is 4.43. The third-order valence-electron chi connectivity index (χ3n) is 4.31. The highest BCUT2D eigenvalue weighted by Crippen LogP contribution is 2.37. The fraction of sp³-hybridized carbons (Fsp3) is 0.227. The number of rotatable bonds is 9. The Balaban J connectivity index is 1.70. The zero-order valence-corrected chi connectivity index (χ0v) is 18.7. The van der Waals surface area contributed by atoms with Crippen LogP contribution in [0, 0.1) is 0 Å². The van der Waals surface area contributed by atoms with Gasteiger partial charge >= 0.3 is 5.97 Å². The van der Waals surface area contributed by atoms with Crippen LogP contribution < -0.4 is 15.4 Å². The first-order valence-electron chi connectivity index (χ1n) is 9.58. The summed E-state index contributed by atoms with van der Waals surface area (Å²) in [6.45, 7) is 2.14. The molecule has 7 nitrogen and oxygen atoms in total. The highest BCUT2D eigenvalue weighted by molar-refractivity contribution is 7.15.